The van der Waals surface area contributed by atoms with Gasteiger partial charge < -0.3 is 14.9 Å². The van der Waals surface area contributed by atoms with Crippen molar-refractivity contribution in [1.82, 2.24) is 20.0 Å². The van der Waals surface area contributed by atoms with Gasteiger partial charge in [-0.1, -0.05) is 18.2 Å². The molecule has 1 amide bonds. The quantitative estimate of drug-likeness (QED) is 0.442. The van der Waals surface area contributed by atoms with Crippen molar-refractivity contribution in [3.05, 3.63) is 58.2 Å². The highest BCUT2D eigenvalue weighted by atomic mass is 19.1. The molecule has 2 aromatic rings. The van der Waals surface area contributed by atoms with Gasteiger partial charge in [0.1, 0.15) is 11.6 Å². The third-order valence-corrected chi connectivity index (χ3v) is 5.11. The van der Waals surface area contributed by atoms with Crippen LogP contribution in [0.4, 0.5) is 4.39 Å². The van der Waals surface area contributed by atoms with Gasteiger partial charge in [-0.15, -0.1) is 0 Å². The number of H-pyrrole nitrogens is 1. The maximum atomic E-state index is 14.7. The number of hydrogen-bond acceptors (Lipinski definition) is 5. The largest absolute Gasteiger partial charge is 0.507 e. The first kappa shape index (κ1) is 20.7. The van der Waals surface area contributed by atoms with Gasteiger partial charge in [0.05, 0.1) is 22.9 Å². The zero-order valence-corrected chi connectivity index (χ0v) is 17.0. The fourth-order valence-corrected chi connectivity index (χ4v) is 3.72. The molecule has 1 aliphatic rings. The normalized spacial score (nSPS) is 18.8. The molecular weight excluding hydrogens is 375 g/mol. The van der Waals surface area contributed by atoms with Gasteiger partial charge in [0.25, 0.3) is 11.7 Å². The lowest BCUT2D eigenvalue weighted by molar-refractivity contribution is -0.140. The molecule has 2 heterocycles. The van der Waals surface area contributed by atoms with Crippen molar-refractivity contribution in [3.8, 4) is 0 Å². The molecule has 29 heavy (non-hydrogen) atoms. The highest BCUT2D eigenvalue weighted by Gasteiger charge is 2.47. The maximum absolute atomic E-state index is 14.7. The summed E-state index contributed by atoms with van der Waals surface area (Å²) in [6.45, 7) is 4.36. The number of aromatic nitrogens is 2. The van der Waals surface area contributed by atoms with Crippen LogP contribution >= 0.6 is 0 Å². The van der Waals surface area contributed by atoms with E-state index in [1.165, 1.54) is 17.0 Å². The molecular formula is C21H25FN4O3. The summed E-state index contributed by atoms with van der Waals surface area (Å²) in [5.74, 6) is -2.43. The van der Waals surface area contributed by atoms with Crippen LogP contribution in [0, 0.1) is 19.7 Å². The summed E-state index contributed by atoms with van der Waals surface area (Å²) in [5, 5.41) is 17.8. The second kappa shape index (κ2) is 8.16. The Morgan fingerprint density at radius 1 is 1.28 bits per heavy atom. The zero-order chi connectivity index (χ0) is 21.3. The number of carbonyl (C=O) groups is 2. The Balaban J connectivity index is 2.15. The Hall–Kier alpha value is -3.00. The van der Waals surface area contributed by atoms with E-state index in [0.717, 1.165) is 0 Å². The van der Waals surface area contributed by atoms with Gasteiger partial charge >= 0.3 is 0 Å². The fraction of sp³-hybridized carbons (Fsp3) is 0.381. The van der Waals surface area contributed by atoms with Crippen LogP contribution in [0.5, 0.6) is 0 Å². The van der Waals surface area contributed by atoms with Crippen LogP contribution in [0.2, 0.25) is 0 Å². The Kier molecular flexibility index (Phi) is 5.83. The lowest BCUT2D eigenvalue weighted by Gasteiger charge is -2.26. The smallest absolute Gasteiger partial charge is 0.295 e. The van der Waals surface area contributed by atoms with Crippen LogP contribution < -0.4 is 0 Å². The zero-order valence-electron chi connectivity index (χ0n) is 17.0. The van der Waals surface area contributed by atoms with Crippen LogP contribution in [-0.4, -0.2) is 64.0 Å². The Labute approximate surface area is 168 Å². The van der Waals surface area contributed by atoms with Crippen molar-refractivity contribution >= 4 is 17.4 Å². The highest BCUT2D eigenvalue weighted by molar-refractivity contribution is 6.46. The monoisotopic (exact) mass is 400 g/mol. The number of nitrogens with one attached hydrogen (secondary N) is 1. The number of likely N-dealkylation sites (tertiary alicyclic amines) is 1. The lowest BCUT2D eigenvalue weighted by Crippen LogP contribution is -2.32. The van der Waals surface area contributed by atoms with Crippen LogP contribution in [0.3, 0.4) is 0 Å². The van der Waals surface area contributed by atoms with Gasteiger partial charge in [-0.05, 0) is 47.0 Å². The fourth-order valence-electron chi connectivity index (χ4n) is 3.72. The Bertz CT molecular complexity index is 961. The molecule has 3 rings (SSSR count). The minimum Gasteiger partial charge on any atom is -0.507 e. The molecule has 2 N–H and O–H groups in total. The number of amides is 1. The molecule has 1 fully saturated rings. The number of aliphatic hydroxyl groups is 1. The number of aryl methyl sites for hydroxylation is 2. The second-order valence-corrected chi connectivity index (χ2v) is 7.48. The summed E-state index contributed by atoms with van der Waals surface area (Å²) in [4.78, 5) is 29.0. The SMILES string of the molecule is Cc1n[nH]c(C)c1/C(O)=C1\C(=O)C(=O)N(CCCN(C)C)[C@@H]1c1ccccc1F. The van der Waals surface area contributed by atoms with Gasteiger partial charge in [-0.2, -0.15) is 5.10 Å². The van der Waals surface area contributed by atoms with Crippen molar-refractivity contribution < 1.29 is 19.1 Å². The average Bonchev–Trinajstić information content (AvgIpc) is 3.12. The van der Waals surface area contributed by atoms with Gasteiger partial charge in [0.15, 0.2) is 0 Å². The molecule has 1 aliphatic heterocycles. The number of benzene rings is 1. The van der Waals surface area contributed by atoms with E-state index in [1.54, 1.807) is 26.0 Å². The van der Waals surface area contributed by atoms with Gasteiger partial charge in [0, 0.05) is 17.8 Å². The van der Waals surface area contributed by atoms with Crippen LogP contribution in [0.1, 0.15) is 35.0 Å². The molecule has 154 valence electrons. The Morgan fingerprint density at radius 3 is 2.55 bits per heavy atom. The summed E-state index contributed by atoms with van der Waals surface area (Å²) >= 11 is 0. The molecule has 8 heteroatoms. The molecule has 0 radical (unpaired) electrons. The molecule has 0 bridgehead atoms. The maximum Gasteiger partial charge on any atom is 0.295 e. The number of hydrogen-bond donors (Lipinski definition) is 2. The molecule has 1 aromatic heterocycles. The van der Waals surface area contributed by atoms with Crippen LogP contribution in [0.25, 0.3) is 5.76 Å². The van der Waals surface area contributed by atoms with Crippen molar-refractivity contribution in [3.63, 3.8) is 0 Å². The topological polar surface area (TPSA) is 89.5 Å². The first-order chi connectivity index (χ1) is 13.7. The number of halogens is 1. The van der Waals surface area contributed by atoms with E-state index in [0.29, 0.717) is 29.9 Å². The van der Waals surface area contributed by atoms with Crippen LogP contribution in [0.15, 0.2) is 29.8 Å². The van der Waals surface area contributed by atoms with E-state index in [4.69, 9.17) is 0 Å². The van der Waals surface area contributed by atoms with Crippen molar-refractivity contribution in [1.29, 1.82) is 0 Å². The molecule has 7 nitrogen and oxygen atoms in total. The van der Waals surface area contributed by atoms with E-state index in [2.05, 4.69) is 10.2 Å². The second-order valence-electron chi connectivity index (χ2n) is 7.48. The predicted molar refractivity (Wildman–Crippen MR) is 107 cm³/mol. The van der Waals surface area contributed by atoms with Crippen molar-refractivity contribution in [2.45, 2.75) is 26.3 Å². The molecule has 1 saturated heterocycles. The van der Waals surface area contributed by atoms with E-state index in [9.17, 15) is 19.1 Å². The van der Waals surface area contributed by atoms with Crippen molar-refractivity contribution in [2.24, 2.45) is 0 Å². The number of nitrogens with zero attached hydrogens (tertiary/aromatic N) is 3. The van der Waals surface area contributed by atoms with Crippen molar-refractivity contribution in [2.75, 3.05) is 27.2 Å². The first-order valence-corrected chi connectivity index (χ1v) is 9.43. The molecule has 1 aromatic carbocycles. The molecule has 0 unspecified atom stereocenters. The van der Waals surface area contributed by atoms with E-state index >= 15 is 0 Å². The van der Waals surface area contributed by atoms with E-state index in [1.807, 2.05) is 19.0 Å². The number of rotatable bonds is 6. The third-order valence-electron chi connectivity index (χ3n) is 5.11. The lowest BCUT2D eigenvalue weighted by atomic mass is 9.94. The van der Waals surface area contributed by atoms with Crippen LogP contribution in [-0.2, 0) is 9.59 Å². The summed E-state index contributed by atoms with van der Waals surface area (Å²) in [5.41, 5.74) is 1.48. The number of aliphatic hydroxyl groups excluding tert-OH is 1. The molecule has 1 atom stereocenters. The summed E-state index contributed by atoms with van der Waals surface area (Å²) in [7, 11) is 3.82. The van der Waals surface area contributed by atoms with E-state index in [-0.39, 0.29) is 23.4 Å². The number of Topliss-reactive ketones (excluding diaryl/α,β-unsaturated/α-hetero) is 1. The van der Waals surface area contributed by atoms with Gasteiger partial charge in [0.2, 0.25) is 0 Å². The van der Waals surface area contributed by atoms with Gasteiger partial charge in [-0.3, -0.25) is 14.7 Å². The molecule has 0 spiro atoms. The number of carbonyl (C=O) groups excluding carboxylic acids is 2. The molecule has 0 aliphatic carbocycles. The third kappa shape index (κ3) is 3.80. The average molecular weight is 400 g/mol. The first-order valence-electron chi connectivity index (χ1n) is 9.43. The molecule has 0 saturated carbocycles. The minimum absolute atomic E-state index is 0.113. The number of ketones is 1. The Morgan fingerprint density at radius 2 is 1.97 bits per heavy atom. The summed E-state index contributed by atoms with van der Waals surface area (Å²) < 4.78 is 14.7. The van der Waals surface area contributed by atoms with E-state index < -0.39 is 23.5 Å². The summed E-state index contributed by atoms with van der Waals surface area (Å²) in [6, 6.07) is 5.01. The minimum atomic E-state index is -0.993. The standard InChI is InChI=1S/C21H25FN4O3/c1-12-16(13(2)24-23-12)19(27)17-18(14-8-5-6-9-15(14)22)26(21(29)20(17)28)11-7-10-25(3)4/h5-6,8-9,18,27H,7,10-11H2,1-4H3,(H,23,24)/b19-17+/t18-/m1/s1. The summed E-state index contributed by atoms with van der Waals surface area (Å²) in [6.07, 6.45) is 0.606. The predicted octanol–water partition coefficient (Wildman–Crippen LogP) is 2.54. The number of aromatic amines is 1. The van der Waals surface area contributed by atoms with Gasteiger partial charge in [-0.25, -0.2) is 4.39 Å². The highest BCUT2D eigenvalue weighted by Crippen LogP contribution is 2.41.